The summed E-state index contributed by atoms with van der Waals surface area (Å²) in [5.41, 5.74) is 2.06. The molecule has 0 aliphatic heterocycles. The van der Waals surface area contributed by atoms with Crippen LogP contribution < -0.4 is 0 Å². The molecule has 2 aromatic carbocycles. The summed E-state index contributed by atoms with van der Waals surface area (Å²) < 4.78 is 1.09. The van der Waals surface area contributed by atoms with Gasteiger partial charge in [0.2, 0.25) is 0 Å². The van der Waals surface area contributed by atoms with Crippen LogP contribution in [0, 0.1) is 0 Å². The summed E-state index contributed by atoms with van der Waals surface area (Å²) in [6.07, 6.45) is 0.895. The van der Waals surface area contributed by atoms with Crippen LogP contribution in [0.15, 0.2) is 40.9 Å². The van der Waals surface area contributed by atoms with Crippen LogP contribution in [0.5, 0.6) is 0 Å². The van der Waals surface area contributed by atoms with E-state index in [-0.39, 0.29) is 0 Å². The van der Waals surface area contributed by atoms with Crippen LogP contribution >= 0.6 is 27.5 Å². The molecule has 1 nitrogen and oxygen atoms in total. The number of aryl methyl sites for hydroxylation is 1. The molecule has 0 atom stereocenters. The van der Waals surface area contributed by atoms with Crippen molar-refractivity contribution in [3.8, 4) is 0 Å². The SMILES string of the molecule is CCc1cc2cc(Br)c3ccccc3c2nc1Cl. The molecule has 0 fully saturated rings. The van der Waals surface area contributed by atoms with Crippen LogP contribution in [0.25, 0.3) is 21.7 Å². The number of hydrogen-bond donors (Lipinski definition) is 0. The Morgan fingerprint density at radius 1 is 1.17 bits per heavy atom. The fraction of sp³-hybridized carbons (Fsp3) is 0.133. The molecule has 90 valence electrons. The molecule has 3 aromatic rings. The van der Waals surface area contributed by atoms with Crippen molar-refractivity contribution in [2.75, 3.05) is 0 Å². The quantitative estimate of drug-likeness (QED) is 0.434. The van der Waals surface area contributed by atoms with Gasteiger partial charge in [-0.05, 0) is 29.5 Å². The molecule has 3 heteroatoms. The second-order valence-corrected chi connectivity index (χ2v) is 5.48. The first-order valence-electron chi connectivity index (χ1n) is 5.87. The third kappa shape index (κ3) is 1.80. The van der Waals surface area contributed by atoms with E-state index in [0.29, 0.717) is 5.15 Å². The average molecular weight is 321 g/mol. The van der Waals surface area contributed by atoms with Gasteiger partial charge in [-0.3, -0.25) is 0 Å². The normalized spacial score (nSPS) is 11.3. The van der Waals surface area contributed by atoms with Gasteiger partial charge in [-0.2, -0.15) is 0 Å². The van der Waals surface area contributed by atoms with Gasteiger partial charge in [-0.1, -0.05) is 58.7 Å². The van der Waals surface area contributed by atoms with Crippen LogP contribution in [0.4, 0.5) is 0 Å². The number of hydrogen-bond acceptors (Lipinski definition) is 1. The fourth-order valence-electron chi connectivity index (χ4n) is 2.24. The molecule has 0 spiro atoms. The van der Waals surface area contributed by atoms with Crippen LogP contribution in [-0.2, 0) is 6.42 Å². The van der Waals surface area contributed by atoms with E-state index in [1.807, 2.05) is 12.1 Å². The summed E-state index contributed by atoms with van der Waals surface area (Å²) >= 11 is 9.84. The minimum Gasteiger partial charge on any atom is -0.235 e. The average Bonchev–Trinajstić information content (AvgIpc) is 2.39. The highest BCUT2D eigenvalue weighted by molar-refractivity contribution is 9.10. The minimum atomic E-state index is 0.609. The Kier molecular flexibility index (Phi) is 3.00. The van der Waals surface area contributed by atoms with Gasteiger partial charge in [-0.25, -0.2) is 4.98 Å². The van der Waals surface area contributed by atoms with E-state index >= 15 is 0 Å². The summed E-state index contributed by atoms with van der Waals surface area (Å²) in [6.45, 7) is 2.09. The third-order valence-corrected chi connectivity index (χ3v) is 4.16. The molecule has 0 N–H and O–H groups in total. The Hall–Kier alpha value is -1.12. The van der Waals surface area contributed by atoms with Gasteiger partial charge >= 0.3 is 0 Å². The van der Waals surface area contributed by atoms with Gasteiger partial charge in [0, 0.05) is 15.2 Å². The number of fused-ring (bicyclic) bond motifs is 3. The van der Waals surface area contributed by atoms with Crippen molar-refractivity contribution in [3.05, 3.63) is 51.6 Å². The Balaban J connectivity index is 2.51. The summed E-state index contributed by atoms with van der Waals surface area (Å²) in [6, 6.07) is 12.5. The monoisotopic (exact) mass is 319 g/mol. The van der Waals surface area contributed by atoms with Crippen LogP contribution in [0.2, 0.25) is 5.15 Å². The molecule has 0 amide bonds. The van der Waals surface area contributed by atoms with Crippen LogP contribution in [-0.4, -0.2) is 4.98 Å². The smallest absolute Gasteiger partial charge is 0.132 e. The molecule has 0 bridgehead atoms. The van der Waals surface area contributed by atoms with E-state index in [4.69, 9.17) is 11.6 Å². The van der Waals surface area contributed by atoms with Crippen molar-refractivity contribution in [1.82, 2.24) is 4.98 Å². The van der Waals surface area contributed by atoms with Crippen molar-refractivity contribution in [1.29, 1.82) is 0 Å². The van der Waals surface area contributed by atoms with E-state index in [9.17, 15) is 0 Å². The molecule has 3 rings (SSSR count). The lowest BCUT2D eigenvalue weighted by Gasteiger charge is -2.08. The van der Waals surface area contributed by atoms with Gasteiger partial charge in [0.1, 0.15) is 5.15 Å². The van der Waals surface area contributed by atoms with Gasteiger partial charge in [0.15, 0.2) is 0 Å². The van der Waals surface area contributed by atoms with Gasteiger partial charge in [0.25, 0.3) is 0 Å². The predicted molar refractivity (Wildman–Crippen MR) is 81.3 cm³/mol. The molecule has 0 aliphatic rings. The third-order valence-electron chi connectivity index (χ3n) is 3.18. The fourth-order valence-corrected chi connectivity index (χ4v) is 3.10. The number of pyridine rings is 1. The zero-order chi connectivity index (χ0) is 12.7. The molecular formula is C15H11BrClN. The molecule has 0 aliphatic carbocycles. The zero-order valence-corrected chi connectivity index (χ0v) is 12.2. The maximum absolute atomic E-state index is 6.22. The van der Waals surface area contributed by atoms with Crippen molar-refractivity contribution < 1.29 is 0 Å². The van der Waals surface area contributed by atoms with Gasteiger partial charge in [0.05, 0.1) is 5.52 Å². The zero-order valence-electron chi connectivity index (χ0n) is 9.87. The summed E-state index contributed by atoms with van der Waals surface area (Å²) in [7, 11) is 0. The molecule has 0 radical (unpaired) electrons. The molecule has 1 aromatic heterocycles. The number of halogens is 2. The van der Waals surface area contributed by atoms with E-state index in [1.54, 1.807) is 0 Å². The van der Waals surface area contributed by atoms with Crippen molar-refractivity contribution in [2.24, 2.45) is 0 Å². The molecule has 0 unspecified atom stereocenters. The van der Waals surface area contributed by atoms with E-state index < -0.39 is 0 Å². The highest BCUT2D eigenvalue weighted by Crippen LogP contribution is 2.32. The maximum atomic E-state index is 6.22. The largest absolute Gasteiger partial charge is 0.235 e. The first-order chi connectivity index (χ1) is 8.70. The number of benzene rings is 2. The summed E-state index contributed by atoms with van der Waals surface area (Å²) in [5.74, 6) is 0. The predicted octanol–water partition coefficient (Wildman–Crippen LogP) is 5.37. The standard InChI is InChI=1S/C15H11BrClN/c1-2-9-7-10-8-13(16)11-5-3-4-6-12(11)14(10)18-15(9)17/h3-8H,2H2,1H3. The number of nitrogens with zero attached hydrogens (tertiary/aromatic N) is 1. The Labute approximate surface area is 119 Å². The Morgan fingerprint density at radius 3 is 2.61 bits per heavy atom. The lowest BCUT2D eigenvalue weighted by molar-refractivity contribution is 1.12. The van der Waals surface area contributed by atoms with Crippen molar-refractivity contribution in [2.45, 2.75) is 13.3 Å². The first-order valence-corrected chi connectivity index (χ1v) is 7.04. The lowest BCUT2D eigenvalue weighted by atomic mass is 10.0. The second-order valence-electron chi connectivity index (χ2n) is 4.27. The topological polar surface area (TPSA) is 12.9 Å². The molecule has 0 saturated carbocycles. The summed E-state index contributed by atoms with van der Waals surface area (Å²) in [5, 5.41) is 4.03. The molecule has 18 heavy (non-hydrogen) atoms. The Morgan fingerprint density at radius 2 is 1.89 bits per heavy atom. The van der Waals surface area contributed by atoms with Crippen LogP contribution in [0.3, 0.4) is 0 Å². The van der Waals surface area contributed by atoms with Crippen molar-refractivity contribution >= 4 is 49.2 Å². The first kappa shape index (κ1) is 11.9. The Bertz CT molecular complexity index is 752. The lowest BCUT2D eigenvalue weighted by Crippen LogP contribution is -1.90. The molecule has 1 heterocycles. The van der Waals surface area contributed by atoms with Gasteiger partial charge in [-0.15, -0.1) is 0 Å². The number of aromatic nitrogens is 1. The van der Waals surface area contributed by atoms with Crippen molar-refractivity contribution in [3.63, 3.8) is 0 Å². The highest BCUT2D eigenvalue weighted by atomic mass is 79.9. The van der Waals surface area contributed by atoms with E-state index in [0.717, 1.165) is 38.1 Å². The van der Waals surface area contributed by atoms with Crippen LogP contribution in [0.1, 0.15) is 12.5 Å². The maximum Gasteiger partial charge on any atom is 0.132 e. The molecule has 0 saturated heterocycles. The summed E-state index contributed by atoms with van der Waals surface area (Å²) in [4.78, 5) is 4.56. The second kappa shape index (κ2) is 4.52. The van der Waals surface area contributed by atoms with E-state index in [2.05, 4.69) is 52.1 Å². The number of rotatable bonds is 1. The highest BCUT2D eigenvalue weighted by Gasteiger charge is 2.09. The van der Waals surface area contributed by atoms with Gasteiger partial charge < -0.3 is 0 Å². The minimum absolute atomic E-state index is 0.609. The molecular weight excluding hydrogens is 310 g/mol. The van der Waals surface area contributed by atoms with E-state index in [1.165, 1.54) is 0 Å².